The summed E-state index contributed by atoms with van der Waals surface area (Å²) < 4.78 is 5.62. The van der Waals surface area contributed by atoms with Crippen molar-refractivity contribution < 1.29 is 4.42 Å². The van der Waals surface area contributed by atoms with E-state index in [4.69, 9.17) is 4.42 Å². The SMILES string of the molecule is c1cnc2nc([C@@H]3CCCN3)oc2c1. The topological polar surface area (TPSA) is 51.0 Å². The monoisotopic (exact) mass is 189 g/mol. The molecular weight excluding hydrogens is 178 g/mol. The van der Waals surface area contributed by atoms with Crippen LogP contribution in [0.3, 0.4) is 0 Å². The summed E-state index contributed by atoms with van der Waals surface area (Å²) in [5.41, 5.74) is 1.48. The van der Waals surface area contributed by atoms with Crippen molar-refractivity contribution in [1.29, 1.82) is 0 Å². The third kappa shape index (κ3) is 1.19. The summed E-state index contributed by atoms with van der Waals surface area (Å²) in [5, 5.41) is 3.35. The molecule has 14 heavy (non-hydrogen) atoms. The highest BCUT2D eigenvalue weighted by molar-refractivity contribution is 5.66. The van der Waals surface area contributed by atoms with Crippen LogP contribution >= 0.6 is 0 Å². The maximum Gasteiger partial charge on any atom is 0.214 e. The molecule has 0 aromatic carbocycles. The molecule has 0 saturated carbocycles. The average Bonchev–Trinajstić information content (AvgIpc) is 2.86. The number of aromatic nitrogens is 2. The zero-order valence-electron chi connectivity index (χ0n) is 7.73. The molecule has 4 nitrogen and oxygen atoms in total. The van der Waals surface area contributed by atoms with Gasteiger partial charge in [0.1, 0.15) is 0 Å². The maximum absolute atomic E-state index is 5.62. The molecule has 0 unspecified atom stereocenters. The zero-order chi connectivity index (χ0) is 9.38. The van der Waals surface area contributed by atoms with Crippen LogP contribution in [0, 0.1) is 0 Å². The van der Waals surface area contributed by atoms with Gasteiger partial charge in [-0.15, -0.1) is 0 Å². The average molecular weight is 189 g/mol. The van der Waals surface area contributed by atoms with E-state index in [-0.39, 0.29) is 6.04 Å². The van der Waals surface area contributed by atoms with Crippen molar-refractivity contribution in [2.45, 2.75) is 18.9 Å². The van der Waals surface area contributed by atoms with Gasteiger partial charge >= 0.3 is 0 Å². The predicted molar refractivity (Wildman–Crippen MR) is 51.8 cm³/mol. The second kappa shape index (κ2) is 3.06. The molecule has 0 spiro atoms. The first-order valence-corrected chi connectivity index (χ1v) is 4.88. The largest absolute Gasteiger partial charge is 0.437 e. The van der Waals surface area contributed by atoms with E-state index < -0.39 is 0 Å². The molecule has 1 N–H and O–H groups in total. The summed E-state index contributed by atoms with van der Waals surface area (Å²) in [6, 6.07) is 4.04. The van der Waals surface area contributed by atoms with Crippen LogP contribution in [0.4, 0.5) is 0 Å². The quantitative estimate of drug-likeness (QED) is 0.741. The molecule has 72 valence electrons. The van der Waals surface area contributed by atoms with Gasteiger partial charge in [-0.05, 0) is 31.5 Å². The van der Waals surface area contributed by atoms with Crippen LogP contribution in [0.25, 0.3) is 11.2 Å². The maximum atomic E-state index is 5.62. The zero-order valence-corrected chi connectivity index (χ0v) is 7.73. The lowest BCUT2D eigenvalue weighted by Gasteiger charge is -2.02. The minimum Gasteiger partial charge on any atom is -0.437 e. The van der Waals surface area contributed by atoms with E-state index in [1.807, 2.05) is 12.1 Å². The third-order valence-electron chi connectivity index (χ3n) is 2.54. The normalized spacial score (nSPS) is 21.9. The Morgan fingerprint density at radius 1 is 1.50 bits per heavy atom. The Morgan fingerprint density at radius 2 is 2.50 bits per heavy atom. The lowest BCUT2D eigenvalue weighted by Crippen LogP contribution is -2.12. The van der Waals surface area contributed by atoms with E-state index in [1.54, 1.807) is 6.20 Å². The Labute approximate surface area is 81.4 Å². The summed E-state index contributed by atoms with van der Waals surface area (Å²) >= 11 is 0. The smallest absolute Gasteiger partial charge is 0.214 e. The second-order valence-electron chi connectivity index (χ2n) is 3.53. The summed E-state index contributed by atoms with van der Waals surface area (Å²) in [7, 11) is 0. The van der Waals surface area contributed by atoms with E-state index in [1.165, 1.54) is 6.42 Å². The molecule has 1 saturated heterocycles. The fourth-order valence-corrected chi connectivity index (χ4v) is 1.83. The van der Waals surface area contributed by atoms with E-state index in [2.05, 4.69) is 15.3 Å². The van der Waals surface area contributed by atoms with Crippen LogP contribution < -0.4 is 5.32 Å². The Bertz CT molecular complexity index is 412. The summed E-state index contributed by atoms with van der Waals surface area (Å²) in [6.45, 7) is 1.05. The molecule has 0 amide bonds. The molecule has 3 rings (SSSR count). The number of oxazole rings is 1. The van der Waals surface area contributed by atoms with Crippen LogP contribution in [0.2, 0.25) is 0 Å². The number of fused-ring (bicyclic) bond motifs is 1. The number of rotatable bonds is 1. The summed E-state index contributed by atoms with van der Waals surface area (Å²) in [4.78, 5) is 8.50. The second-order valence-corrected chi connectivity index (χ2v) is 3.53. The highest BCUT2D eigenvalue weighted by Crippen LogP contribution is 2.24. The van der Waals surface area contributed by atoms with Gasteiger partial charge in [-0.2, -0.15) is 4.98 Å². The Hall–Kier alpha value is -1.42. The number of pyridine rings is 1. The van der Waals surface area contributed by atoms with Gasteiger partial charge in [0.2, 0.25) is 5.89 Å². The summed E-state index contributed by atoms with van der Waals surface area (Å²) in [6.07, 6.45) is 4.03. The molecule has 3 heterocycles. The van der Waals surface area contributed by atoms with Gasteiger partial charge in [0.05, 0.1) is 6.04 Å². The van der Waals surface area contributed by atoms with Crippen molar-refractivity contribution in [2.24, 2.45) is 0 Å². The van der Waals surface area contributed by atoms with Crippen LogP contribution in [-0.2, 0) is 0 Å². The number of hydrogen-bond acceptors (Lipinski definition) is 4. The van der Waals surface area contributed by atoms with Gasteiger partial charge in [0.15, 0.2) is 11.2 Å². The Balaban J connectivity index is 2.05. The highest BCUT2D eigenvalue weighted by Gasteiger charge is 2.21. The van der Waals surface area contributed by atoms with Crippen LogP contribution in [0.15, 0.2) is 22.7 Å². The lowest BCUT2D eigenvalue weighted by atomic mass is 10.2. The van der Waals surface area contributed by atoms with Gasteiger partial charge in [-0.1, -0.05) is 0 Å². The highest BCUT2D eigenvalue weighted by atomic mass is 16.3. The van der Waals surface area contributed by atoms with Gasteiger partial charge < -0.3 is 9.73 Å². The van der Waals surface area contributed by atoms with Gasteiger partial charge in [0, 0.05) is 6.20 Å². The number of hydrogen-bond donors (Lipinski definition) is 1. The van der Waals surface area contributed by atoms with Crippen LogP contribution in [0.1, 0.15) is 24.8 Å². The van der Waals surface area contributed by atoms with Gasteiger partial charge in [0.25, 0.3) is 0 Å². The van der Waals surface area contributed by atoms with E-state index >= 15 is 0 Å². The van der Waals surface area contributed by atoms with Gasteiger partial charge in [-0.25, -0.2) is 4.98 Å². The first kappa shape index (κ1) is 7.94. The minimum atomic E-state index is 0.282. The molecule has 1 fully saturated rings. The summed E-state index contributed by atoms with van der Waals surface area (Å²) in [5.74, 6) is 0.774. The fraction of sp³-hybridized carbons (Fsp3) is 0.400. The number of nitrogens with one attached hydrogen (secondary N) is 1. The van der Waals surface area contributed by atoms with Crippen molar-refractivity contribution >= 4 is 11.2 Å². The van der Waals surface area contributed by atoms with Crippen molar-refractivity contribution in [3.8, 4) is 0 Å². The molecule has 1 atom stereocenters. The number of nitrogens with zero attached hydrogens (tertiary/aromatic N) is 2. The molecule has 0 bridgehead atoms. The molecule has 2 aromatic rings. The van der Waals surface area contributed by atoms with Crippen molar-refractivity contribution in [1.82, 2.24) is 15.3 Å². The Kier molecular flexibility index (Phi) is 1.73. The van der Waals surface area contributed by atoms with E-state index in [0.717, 1.165) is 24.4 Å². The standard InChI is InChI=1S/C10H11N3O/c1-3-7(11-5-1)10-13-9-8(14-10)4-2-6-12-9/h2,4,6-7,11H,1,3,5H2/t7-/m0/s1. The van der Waals surface area contributed by atoms with E-state index in [9.17, 15) is 0 Å². The van der Waals surface area contributed by atoms with Gasteiger partial charge in [-0.3, -0.25) is 0 Å². The van der Waals surface area contributed by atoms with Crippen molar-refractivity contribution in [3.63, 3.8) is 0 Å². The molecular formula is C10H11N3O. The fourth-order valence-electron chi connectivity index (χ4n) is 1.83. The third-order valence-corrected chi connectivity index (χ3v) is 2.54. The Morgan fingerprint density at radius 3 is 3.29 bits per heavy atom. The molecule has 0 aliphatic carbocycles. The van der Waals surface area contributed by atoms with E-state index in [0.29, 0.717) is 5.65 Å². The molecule has 2 aromatic heterocycles. The van der Waals surface area contributed by atoms with Crippen molar-refractivity contribution in [3.05, 3.63) is 24.2 Å². The molecule has 1 aliphatic rings. The van der Waals surface area contributed by atoms with Crippen molar-refractivity contribution in [2.75, 3.05) is 6.54 Å². The molecule has 1 aliphatic heterocycles. The predicted octanol–water partition coefficient (Wildman–Crippen LogP) is 1.65. The lowest BCUT2D eigenvalue weighted by molar-refractivity contribution is 0.452. The molecule has 4 heteroatoms. The van der Waals surface area contributed by atoms with Crippen LogP contribution in [0.5, 0.6) is 0 Å². The first-order valence-electron chi connectivity index (χ1n) is 4.88. The van der Waals surface area contributed by atoms with Crippen LogP contribution in [-0.4, -0.2) is 16.5 Å². The molecule has 0 radical (unpaired) electrons. The first-order chi connectivity index (χ1) is 6.93. The minimum absolute atomic E-state index is 0.282.